The van der Waals surface area contributed by atoms with E-state index in [1.54, 1.807) is 0 Å². The number of hydrogen-bond acceptors (Lipinski definition) is 4. The van der Waals surface area contributed by atoms with Gasteiger partial charge in [0.1, 0.15) is 5.75 Å². The molecule has 19 heavy (non-hydrogen) atoms. The predicted molar refractivity (Wildman–Crippen MR) is 67.5 cm³/mol. The van der Waals surface area contributed by atoms with Crippen molar-refractivity contribution in [2.24, 2.45) is 5.92 Å². The molecular weight excluding hydrogens is 250 g/mol. The summed E-state index contributed by atoms with van der Waals surface area (Å²) in [5.74, 6) is -0.844. The standard InChI is InChI=1S/C13H15NO5/c15-13(16)12-10(14(17)18)6-3-7-11(12)19-8-9-4-1-2-5-9/h3,6-7,9H,1-2,4-5,8H2,(H,15,16). The molecule has 0 radical (unpaired) electrons. The highest BCUT2D eigenvalue weighted by Crippen LogP contribution is 2.30. The van der Waals surface area contributed by atoms with Crippen molar-refractivity contribution in [2.45, 2.75) is 25.7 Å². The topological polar surface area (TPSA) is 89.7 Å². The molecule has 2 rings (SSSR count). The van der Waals surface area contributed by atoms with Crippen LogP contribution in [0.25, 0.3) is 0 Å². The van der Waals surface area contributed by atoms with E-state index in [9.17, 15) is 14.9 Å². The van der Waals surface area contributed by atoms with E-state index >= 15 is 0 Å². The molecule has 1 saturated carbocycles. The van der Waals surface area contributed by atoms with E-state index in [1.165, 1.54) is 18.2 Å². The largest absolute Gasteiger partial charge is 0.492 e. The normalized spacial score (nSPS) is 15.4. The summed E-state index contributed by atoms with van der Waals surface area (Å²) in [6.07, 6.45) is 4.46. The first-order chi connectivity index (χ1) is 9.09. The third-order valence-corrected chi connectivity index (χ3v) is 3.36. The zero-order valence-corrected chi connectivity index (χ0v) is 10.4. The minimum atomic E-state index is -1.34. The van der Waals surface area contributed by atoms with Crippen LogP contribution in [0.3, 0.4) is 0 Å². The monoisotopic (exact) mass is 265 g/mol. The summed E-state index contributed by atoms with van der Waals surface area (Å²) in [5, 5.41) is 19.9. The van der Waals surface area contributed by atoms with Gasteiger partial charge in [-0.25, -0.2) is 4.79 Å². The summed E-state index contributed by atoms with van der Waals surface area (Å²) in [6, 6.07) is 4.08. The van der Waals surface area contributed by atoms with E-state index in [0.29, 0.717) is 12.5 Å². The van der Waals surface area contributed by atoms with Crippen molar-refractivity contribution >= 4 is 11.7 Å². The Morgan fingerprint density at radius 3 is 2.68 bits per heavy atom. The lowest BCUT2D eigenvalue weighted by atomic mass is 10.1. The number of ether oxygens (including phenoxy) is 1. The molecule has 1 aromatic rings. The van der Waals surface area contributed by atoms with Crippen LogP contribution in [0, 0.1) is 16.0 Å². The van der Waals surface area contributed by atoms with E-state index in [4.69, 9.17) is 9.84 Å². The number of nitro benzene ring substituents is 1. The minimum Gasteiger partial charge on any atom is -0.492 e. The fraction of sp³-hybridized carbons (Fsp3) is 0.462. The molecule has 6 heteroatoms. The van der Waals surface area contributed by atoms with Crippen LogP contribution in [-0.4, -0.2) is 22.6 Å². The maximum Gasteiger partial charge on any atom is 0.346 e. The lowest BCUT2D eigenvalue weighted by Crippen LogP contribution is -2.12. The van der Waals surface area contributed by atoms with Crippen molar-refractivity contribution in [3.05, 3.63) is 33.9 Å². The molecular formula is C13H15NO5. The number of carbonyl (C=O) groups is 1. The average Bonchev–Trinajstić information content (AvgIpc) is 2.88. The molecule has 0 atom stereocenters. The summed E-state index contributed by atoms with van der Waals surface area (Å²) < 4.78 is 5.49. The van der Waals surface area contributed by atoms with Crippen LogP contribution in [0.1, 0.15) is 36.0 Å². The van der Waals surface area contributed by atoms with Gasteiger partial charge in [0.25, 0.3) is 5.69 Å². The molecule has 0 amide bonds. The van der Waals surface area contributed by atoms with Gasteiger partial charge >= 0.3 is 5.97 Å². The van der Waals surface area contributed by atoms with Crippen LogP contribution in [0.15, 0.2) is 18.2 Å². The van der Waals surface area contributed by atoms with Gasteiger partial charge in [0.05, 0.1) is 11.5 Å². The molecule has 1 aliphatic carbocycles. The number of rotatable bonds is 5. The van der Waals surface area contributed by atoms with Crippen LogP contribution in [0.4, 0.5) is 5.69 Å². The van der Waals surface area contributed by atoms with Crippen LogP contribution < -0.4 is 4.74 Å². The molecule has 1 fully saturated rings. The Morgan fingerprint density at radius 2 is 2.11 bits per heavy atom. The highest BCUT2D eigenvalue weighted by atomic mass is 16.6. The van der Waals surface area contributed by atoms with Gasteiger partial charge < -0.3 is 9.84 Å². The molecule has 0 saturated heterocycles. The highest BCUT2D eigenvalue weighted by Gasteiger charge is 2.25. The third kappa shape index (κ3) is 3.01. The Balaban J connectivity index is 2.20. The highest BCUT2D eigenvalue weighted by molar-refractivity contribution is 5.95. The second-order valence-electron chi connectivity index (χ2n) is 4.67. The number of nitro groups is 1. The Morgan fingerprint density at radius 1 is 1.42 bits per heavy atom. The number of benzene rings is 1. The maximum atomic E-state index is 11.2. The third-order valence-electron chi connectivity index (χ3n) is 3.36. The Labute approximate surface area is 110 Å². The van der Waals surface area contributed by atoms with Gasteiger partial charge in [-0.1, -0.05) is 18.9 Å². The lowest BCUT2D eigenvalue weighted by Gasteiger charge is -2.13. The quantitative estimate of drug-likeness (QED) is 0.653. The van der Waals surface area contributed by atoms with Crippen LogP contribution in [0.2, 0.25) is 0 Å². The first kappa shape index (κ1) is 13.3. The summed E-state index contributed by atoms with van der Waals surface area (Å²) in [4.78, 5) is 21.3. The van der Waals surface area contributed by atoms with Gasteiger partial charge in [0.15, 0.2) is 5.56 Å². The summed E-state index contributed by atoms with van der Waals surface area (Å²) in [6.45, 7) is 0.418. The molecule has 6 nitrogen and oxygen atoms in total. The Hall–Kier alpha value is -2.11. The van der Waals surface area contributed by atoms with Crippen molar-refractivity contribution in [1.29, 1.82) is 0 Å². The van der Waals surface area contributed by atoms with E-state index in [2.05, 4.69) is 0 Å². The zero-order chi connectivity index (χ0) is 13.8. The smallest absolute Gasteiger partial charge is 0.346 e. The van der Waals surface area contributed by atoms with Crippen LogP contribution >= 0.6 is 0 Å². The van der Waals surface area contributed by atoms with E-state index in [0.717, 1.165) is 25.7 Å². The van der Waals surface area contributed by atoms with Gasteiger partial charge in [-0.2, -0.15) is 0 Å². The van der Waals surface area contributed by atoms with Crippen molar-refractivity contribution in [3.8, 4) is 5.75 Å². The van der Waals surface area contributed by atoms with Crippen LogP contribution in [-0.2, 0) is 0 Å². The number of carboxylic acid groups (broad SMARTS) is 1. The Bertz CT molecular complexity index is 494. The molecule has 0 unspecified atom stereocenters. The number of carboxylic acids is 1. The van der Waals surface area contributed by atoms with Crippen LogP contribution in [0.5, 0.6) is 5.75 Å². The summed E-state index contributed by atoms with van der Waals surface area (Å²) in [7, 11) is 0. The second kappa shape index (κ2) is 5.69. The molecule has 0 heterocycles. The van der Waals surface area contributed by atoms with Gasteiger partial charge in [0, 0.05) is 6.07 Å². The van der Waals surface area contributed by atoms with Crippen molar-refractivity contribution in [1.82, 2.24) is 0 Å². The number of nitrogens with zero attached hydrogens (tertiary/aromatic N) is 1. The molecule has 1 aliphatic rings. The first-order valence-electron chi connectivity index (χ1n) is 6.23. The van der Waals surface area contributed by atoms with Crippen molar-refractivity contribution in [3.63, 3.8) is 0 Å². The second-order valence-corrected chi connectivity index (χ2v) is 4.67. The number of aromatic carboxylic acids is 1. The Kier molecular flexibility index (Phi) is 3.99. The molecule has 0 bridgehead atoms. The first-order valence-corrected chi connectivity index (χ1v) is 6.23. The van der Waals surface area contributed by atoms with Gasteiger partial charge in [-0.3, -0.25) is 10.1 Å². The maximum absolute atomic E-state index is 11.2. The molecule has 1 N–H and O–H groups in total. The molecule has 102 valence electrons. The van der Waals surface area contributed by atoms with E-state index < -0.39 is 16.6 Å². The molecule has 0 aromatic heterocycles. The lowest BCUT2D eigenvalue weighted by molar-refractivity contribution is -0.385. The zero-order valence-electron chi connectivity index (χ0n) is 10.4. The van der Waals surface area contributed by atoms with Crippen molar-refractivity contribution in [2.75, 3.05) is 6.61 Å². The average molecular weight is 265 g/mol. The molecule has 1 aromatic carbocycles. The fourth-order valence-electron chi connectivity index (χ4n) is 2.39. The van der Waals surface area contributed by atoms with E-state index in [-0.39, 0.29) is 11.3 Å². The SMILES string of the molecule is O=C(O)c1c(OCC2CCCC2)cccc1[N+](=O)[O-]. The predicted octanol–water partition coefficient (Wildman–Crippen LogP) is 2.86. The van der Waals surface area contributed by atoms with Gasteiger partial charge in [-0.05, 0) is 24.8 Å². The summed E-state index contributed by atoms with van der Waals surface area (Å²) >= 11 is 0. The van der Waals surface area contributed by atoms with Gasteiger partial charge in [-0.15, -0.1) is 0 Å². The van der Waals surface area contributed by atoms with Gasteiger partial charge in [0.2, 0.25) is 0 Å². The number of hydrogen-bond donors (Lipinski definition) is 1. The van der Waals surface area contributed by atoms with E-state index in [1.807, 2.05) is 0 Å². The summed E-state index contributed by atoms with van der Waals surface area (Å²) in [5.41, 5.74) is -0.804. The molecule has 0 aliphatic heterocycles. The minimum absolute atomic E-state index is 0.0774. The van der Waals surface area contributed by atoms with Crippen molar-refractivity contribution < 1.29 is 19.6 Å². The fourth-order valence-corrected chi connectivity index (χ4v) is 2.39. The molecule has 0 spiro atoms.